The Hall–Kier alpha value is -5.87. The number of hydrogen-bond donors (Lipinski definition) is 5. The van der Waals surface area contributed by atoms with Crippen LogP contribution in [0.15, 0.2) is 49.1 Å². The van der Waals surface area contributed by atoms with Gasteiger partial charge >= 0.3 is 23.9 Å². The third-order valence-corrected chi connectivity index (χ3v) is 7.30. The number of ether oxygens (including phenoxy) is 1. The van der Waals surface area contributed by atoms with Crippen LogP contribution in [0.5, 0.6) is 5.75 Å². The number of anilines is 1. The minimum Gasteiger partial charge on any atom is -0.755 e. The molecule has 5 N–H and O–H groups in total. The van der Waals surface area contributed by atoms with Gasteiger partial charge in [0, 0.05) is 48.3 Å². The van der Waals surface area contributed by atoms with Crippen molar-refractivity contribution in [2.75, 3.05) is 44.1 Å². The van der Waals surface area contributed by atoms with Crippen molar-refractivity contribution in [2.45, 2.75) is 32.6 Å². The molecule has 2 amide bonds. The highest BCUT2D eigenvalue weighted by Gasteiger charge is 2.23. The van der Waals surface area contributed by atoms with E-state index in [-0.39, 0.29) is 19.7 Å². The van der Waals surface area contributed by atoms with Crippen LogP contribution in [-0.4, -0.2) is 138 Å². The van der Waals surface area contributed by atoms with Crippen molar-refractivity contribution in [3.8, 4) is 5.75 Å². The molecule has 0 aliphatic rings. The fourth-order valence-corrected chi connectivity index (χ4v) is 5.02. The number of carboxylic acids is 4. The summed E-state index contributed by atoms with van der Waals surface area (Å²) < 4.78 is 32.5. The number of aliphatic carboxylic acids is 4. The monoisotopic (exact) mass is 735 g/mol. The first-order valence-corrected chi connectivity index (χ1v) is 16.0. The normalized spacial score (nSPS) is 11.5. The van der Waals surface area contributed by atoms with Gasteiger partial charge in [0.2, 0.25) is 11.8 Å². The zero-order valence-corrected chi connectivity index (χ0v) is 27.7. The van der Waals surface area contributed by atoms with Crippen LogP contribution in [0.2, 0.25) is 0 Å². The molecule has 0 spiro atoms. The number of imidazole rings is 2. The summed E-state index contributed by atoms with van der Waals surface area (Å²) in [5, 5.41) is 36.6. The molecule has 51 heavy (non-hydrogen) atoms. The number of nitrogens with zero attached hydrogens (tertiary/aromatic N) is 7. The van der Waals surface area contributed by atoms with Gasteiger partial charge in [-0.05, 0) is 30.7 Å². The minimum absolute atomic E-state index is 0.0792. The molecule has 0 bridgehead atoms. The lowest BCUT2D eigenvalue weighted by Crippen LogP contribution is -2.41. The first-order valence-electron chi connectivity index (χ1n) is 14.9. The number of hydrogen-bond acceptors (Lipinski definition) is 12. The van der Waals surface area contributed by atoms with Gasteiger partial charge in [-0.15, -0.1) is 0 Å². The summed E-state index contributed by atoms with van der Waals surface area (Å²) in [5.74, 6) is -5.96. The van der Waals surface area contributed by atoms with E-state index in [0.29, 0.717) is 45.9 Å². The van der Waals surface area contributed by atoms with E-state index in [4.69, 9.17) is 25.2 Å². The van der Waals surface area contributed by atoms with E-state index in [1.54, 1.807) is 12.1 Å². The van der Waals surface area contributed by atoms with Crippen LogP contribution in [-0.2, 0) is 66.2 Å². The second-order valence-corrected chi connectivity index (χ2v) is 11.5. The molecule has 0 aliphatic heterocycles. The van der Waals surface area contributed by atoms with E-state index in [9.17, 15) is 37.5 Å². The predicted molar refractivity (Wildman–Crippen MR) is 171 cm³/mol. The molecule has 2 aromatic heterocycles. The highest BCUT2D eigenvalue weighted by molar-refractivity contribution is 7.80. The molecule has 2 heterocycles. The molecule has 21 nitrogen and oxygen atoms in total. The number of rotatable bonds is 23. The summed E-state index contributed by atoms with van der Waals surface area (Å²) in [6, 6.07) is 6.18. The molecule has 0 saturated heterocycles. The second kappa shape index (κ2) is 19.4. The highest BCUT2D eigenvalue weighted by Crippen LogP contribution is 2.17. The second-order valence-electron chi connectivity index (χ2n) is 10.8. The zero-order chi connectivity index (χ0) is 37.5. The molecule has 0 fully saturated rings. The lowest BCUT2D eigenvalue weighted by Gasteiger charge is -2.24. The number of carboxylic acid groups (broad SMARTS) is 4. The summed E-state index contributed by atoms with van der Waals surface area (Å²) in [5.41, 5.74) is 0.341. The van der Waals surface area contributed by atoms with Crippen molar-refractivity contribution < 1.29 is 62.7 Å². The minimum atomic E-state index is -2.48. The average Bonchev–Trinajstić information content (AvgIpc) is 3.66. The Balaban J connectivity index is 1.77. The molecule has 22 heteroatoms. The lowest BCUT2D eigenvalue weighted by molar-refractivity contribution is -0.150. The Bertz CT molecular complexity index is 1590. The molecule has 3 aromatic rings. The fourth-order valence-electron chi connectivity index (χ4n) is 4.69. The van der Waals surface area contributed by atoms with E-state index in [2.05, 4.69) is 14.7 Å². The van der Waals surface area contributed by atoms with E-state index < -0.39 is 86.2 Å². The number of carbonyl (C=O) groups excluding carboxylic acids is 2. The number of nitrogens with one attached hydrogen (secondary N) is 1. The van der Waals surface area contributed by atoms with Gasteiger partial charge in [0.1, 0.15) is 56.7 Å². The number of benzene rings is 1. The Labute approximate surface area is 292 Å². The molecule has 276 valence electrons. The molecule has 3 rings (SSSR count). The molecular weight excluding hydrogens is 700 g/mol. The SMILES string of the molecule is O=C(O)CN(CC(=O)O)C(=O)Cn1ccnc1CN(CCCOc1ccc(NS(=O)[O-])cc1)Cc1nccn1CC(=O)N(CC(=O)O)CC(=O)O. The Morgan fingerprint density at radius 2 is 1.18 bits per heavy atom. The van der Waals surface area contributed by atoms with Crippen molar-refractivity contribution in [3.63, 3.8) is 0 Å². The third-order valence-electron chi connectivity index (χ3n) is 6.90. The van der Waals surface area contributed by atoms with Gasteiger partial charge in [-0.25, -0.2) is 9.97 Å². The molecular formula is C29H35N8O13S-. The van der Waals surface area contributed by atoms with E-state index in [1.165, 1.54) is 46.1 Å². The third kappa shape index (κ3) is 13.9. The van der Waals surface area contributed by atoms with Crippen LogP contribution in [0, 0.1) is 0 Å². The maximum absolute atomic E-state index is 12.9. The van der Waals surface area contributed by atoms with Gasteiger partial charge in [-0.2, -0.15) is 0 Å². The number of aromatic nitrogens is 4. The van der Waals surface area contributed by atoms with Crippen molar-refractivity contribution >= 4 is 52.6 Å². The maximum Gasteiger partial charge on any atom is 0.323 e. The molecule has 0 aliphatic carbocycles. The Kier molecular flexibility index (Phi) is 15.0. The van der Waals surface area contributed by atoms with Crippen molar-refractivity contribution in [1.29, 1.82) is 0 Å². The number of carbonyl (C=O) groups is 6. The van der Waals surface area contributed by atoms with E-state index in [1.807, 2.05) is 4.90 Å². The fraction of sp³-hybridized carbons (Fsp3) is 0.379. The molecule has 0 saturated carbocycles. The lowest BCUT2D eigenvalue weighted by atomic mass is 10.3. The quantitative estimate of drug-likeness (QED) is 0.0562. The van der Waals surface area contributed by atoms with E-state index in [0.717, 1.165) is 0 Å². The summed E-state index contributed by atoms with van der Waals surface area (Å²) in [4.78, 5) is 82.5. The molecule has 1 unspecified atom stereocenters. The first-order chi connectivity index (χ1) is 24.2. The van der Waals surface area contributed by atoms with Crippen molar-refractivity contribution in [1.82, 2.24) is 33.8 Å². The van der Waals surface area contributed by atoms with Crippen LogP contribution in [0.3, 0.4) is 0 Å². The van der Waals surface area contributed by atoms with Crippen LogP contribution in [0.25, 0.3) is 0 Å². The summed E-state index contributed by atoms with van der Waals surface area (Å²) in [6.45, 7) is -3.43. The van der Waals surface area contributed by atoms with Crippen LogP contribution >= 0.6 is 0 Å². The highest BCUT2D eigenvalue weighted by atomic mass is 32.2. The van der Waals surface area contributed by atoms with Gasteiger partial charge in [0.05, 0.1) is 19.7 Å². The summed E-state index contributed by atoms with van der Waals surface area (Å²) >= 11 is -2.48. The van der Waals surface area contributed by atoms with Gasteiger partial charge < -0.3 is 53.4 Å². The summed E-state index contributed by atoms with van der Waals surface area (Å²) in [7, 11) is 0. The Morgan fingerprint density at radius 1 is 0.745 bits per heavy atom. The molecule has 0 radical (unpaired) electrons. The predicted octanol–water partition coefficient (Wildman–Crippen LogP) is -1.25. The smallest absolute Gasteiger partial charge is 0.323 e. The average molecular weight is 736 g/mol. The Morgan fingerprint density at radius 3 is 1.57 bits per heavy atom. The van der Waals surface area contributed by atoms with Crippen LogP contribution in [0.1, 0.15) is 18.1 Å². The van der Waals surface area contributed by atoms with Crippen LogP contribution in [0.4, 0.5) is 5.69 Å². The number of amides is 2. The summed E-state index contributed by atoms with van der Waals surface area (Å²) in [6.07, 6.45) is 6.16. The zero-order valence-electron chi connectivity index (χ0n) is 26.9. The topological polar surface area (TPSA) is 290 Å². The molecule has 1 aromatic carbocycles. The van der Waals surface area contributed by atoms with Gasteiger partial charge in [0.15, 0.2) is 0 Å². The van der Waals surface area contributed by atoms with E-state index >= 15 is 0 Å². The molecule has 1 atom stereocenters. The largest absolute Gasteiger partial charge is 0.755 e. The van der Waals surface area contributed by atoms with Gasteiger partial charge in [0.25, 0.3) is 0 Å². The maximum atomic E-state index is 12.9. The van der Waals surface area contributed by atoms with Crippen molar-refractivity contribution in [2.24, 2.45) is 0 Å². The van der Waals surface area contributed by atoms with Crippen molar-refractivity contribution in [3.05, 3.63) is 60.7 Å². The first kappa shape index (κ1) is 39.6. The standard InChI is InChI=1S/C29H36N8O13S/c38-24(36(16-26(40)41)17-27(42)43)14-34-9-6-30-22(34)12-33(8-1-11-50-21-4-2-20(3-5-21)32-51(48)49)13-23-31-7-10-35(23)15-25(39)37(18-28(44)45)19-29(46)47/h2-7,9-10,32H,1,8,11-19H2,(H,40,41)(H,42,43)(H,44,45)(H,46,47)(H,48,49)/p-1. The van der Waals surface area contributed by atoms with Gasteiger partial charge in [-0.3, -0.25) is 37.9 Å². The van der Waals surface area contributed by atoms with Gasteiger partial charge in [-0.1, -0.05) is 0 Å². The van der Waals surface area contributed by atoms with Crippen LogP contribution < -0.4 is 9.46 Å².